The zero-order valence-electron chi connectivity index (χ0n) is 14.2. The highest BCUT2D eigenvalue weighted by Crippen LogP contribution is 2.49. The van der Waals surface area contributed by atoms with Crippen molar-refractivity contribution in [2.24, 2.45) is 5.73 Å². The van der Waals surface area contributed by atoms with Crippen LogP contribution in [0.25, 0.3) is 0 Å². The van der Waals surface area contributed by atoms with Gasteiger partial charge >= 0.3 is 0 Å². The van der Waals surface area contributed by atoms with Crippen molar-refractivity contribution in [3.63, 3.8) is 0 Å². The minimum Gasteiger partial charge on any atom is -0.489 e. The van der Waals surface area contributed by atoms with Gasteiger partial charge in [0, 0.05) is 21.7 Å². The lowest BCUT2D eigenvalue weighted by atomic mass is 9.83. The van der Waals surface area contributed by atoms with Crippen LogP contribution in [0.1, 0.15) is 17.0 Å². The van der Waals surface area contributed by atoms with E-state index < -0.39 is 5.92 Å². The number of hydrogen-bond acceptors (Lipinski definition) is 6. The molecule has 0 radical (unpaired) electrons. The summed E-state index contributed by atoms with van der Waals surface area (Å²) in [6.07, 6.45) is 1.66. The summed E-state index contributed by atoms with van der Waals surface area (Å²) in [6.45, 7) is 4.17. The van der Waals surface area contributed by atoms with Crippen molar-refractivity contribution in [3.05, 3.63) is 70.0 Å². The Hall–Kier alpha value is -3.11. The predicted molar refractivity (Wildman–Crippen MR) is 102 cm³/mol. The molecule has 0 amide bonds. The van der Waals surface area contributed by atoms with Gasteiger partial charge in [-0.15, -0.1) is 0 Å². The molecule has 0 saturated heterocycles. The average Bonchev–Trinajstić information content (AvgIpc) is 3.11. The van der Waals surface area contributed by atoms with Gasteiger partial charge in [-0.3, -0.25) is 0 Å². The average molecular weight is 427 g/mol. The summed E-state index contributed by atoms with van der Waals surface area (Å²) in [5.41, 5.74) is 7.91. The lowest BCUT2D eigenvalue weighted by Gasteiger charge is -2.28. The molecule has 4 rings (SSSR count). The number of ether oxygens (including phenoxy) is 4. The number of benzene rings is 2. The Morgan fingerprint density at radius 3 is 2.74 bits per heavy atom. The van der Waals surface area contributed by atoms with Crippen molar-refractivity contribution in [2.75, 3.05) is 13.4 Å². The van der Waals surface area contributed by atoms with E-state index in [1.165, 1.54) is 0 Å². The van der Waals surface area contributed by atoms with Crippen LogP contribution >= 0.6 is 15.9 Å². The molecule has 2 aliphatic heterocycles. The van der Waals surface area contributed by atoms with E-state index in [9.17, 15) is 5.26 Å². The van der Waals surface area contributed by atoms with E-state index in [-0.39, 0.29) is 12.7 Å². The van der Waals surface area contributed by atoms with Crippen LogP contribution in [0.4, 0.5) is 0 Å². The summed E-state index contributed by atoms with van der Waals surface area (Å²) in [6, 6.07) is 11.4. The van der Waals surface area contributed by atoms with Gasteiger partial charge in [0.2, 0.25) is 12.7 Å². The van der Waals surface area contributed by atoms with Gasteiger partial charge in [0.25, 0.3) is 0 Å². The van der Waals surface area contributed by atoms with Crippen molar-refractivity contribution in [1.82, 2.24) is 0 Å². The second-order valence-corrected chi connectivity index (χ2v) is 6.87. The third-order valence-corrected chi connectivity index (χ3v) is 4.84. The molecule has 0 saturated carbocycles. The summed E-state index contributed by atoms with van der Waals surface area (Å²) in [4.78, 5) is 0. The van der Waals surface area contributed by atoms with E-state index >= 15 is 0 Å². The van der Waals surface area contributed by atoms with Gasteiger partial charge in [-0.1, -0.05) is 28.6 Å². The molecule has 136 valence electrons. The van der Waals surface area contributed by atoms with E-state index in [1.54, 1.807) is 12.1 Å². The number of fused-ring (bicyclic) bond motifs is 2. The molecule has 0 unspecified atom stereocenters. The number of allylic oxidation sites excluding steroid dienone is 1. The van der Waals surface area contributed by atoms with E-state index in [0.29, 0.717) is 35.2 Å². The Bertz CT molecular complexity index is 1010. The topological polar surface area (TPSA) is 86.7 Å². The van der Waals surface area contributed by atoms with Gasteiger partial charge in [-0.2, -0.15) is 5.26 Å². The minimum absolute atomic E-state index is 0.0588. The molecule has 7 heteroatoms. The Morgan fingerprint density at radius 2 is 2.00 bits per heavy atom. The monoisotopic (exact) mass is 426 g/mol. The SMILES string of the molecule is C=CCOc1ccc(Br)cc1[C@H]1C(C#N)=C(N)Oc2cc3c(cc21)OCO3. The van der Waals surface area contributed by atoms with Crippen molar-refractivity contribution in [2.45, 2.75) is 5.92 Å². The van der Waals surface area contributed by atoms with Crippen molar-refractivity contribution in [3.8, 4) is 29.1 Å². The number of rotatable bonds is 4. The molecule has 0 fully saturated rings. The summed E-state index contributed by atoms with van der Waals surface area (Å²) in [5, 5.41) is 9.76. The van der Waals surface area contributed by atoms with Crippen molar-refractivity contribution < 1.29 is 18.9 Å². The lowest BCUT2D eigenvalue weighted by molar-refractivity contribution is 0.174. The van der Waals surface area contributed by atoms with Crippen molar-refractivity contribution >= 4 is 15.9 Å². The van der Waals surface area contributed by atoms with E-state index in [1.807, 2.05) is 24.3 Å². The highest BCUT2D eigenvalue weighted by Gasteiger charge is 2.35. The molecule has 2 aliphatic rings. The second-order valence-electron chi connectivity index (χ2n) is 5.95. The zero-order valence-corrected chi connectivity index (χ0v) is 15.8. The maximum Gasteiger partial charge on any atom is 0.231 e. The molecule has 0 aromatic heterocycles. The molecule has 2 aromatic rings. The summed E-state index contributed by atoms with van der Waals surface area (Å²) in [7, 11) is 0. The second kappa shape index (κ2) is 6.89. The first kappa shape index (κ1) is 17.3. The van der Waals surface area contributed by atoms with Crippen molar-refractivity contribution in [1.29, 1.82) is 5.26 Å². The summed E-state index contributed by atoms with van der Waals surface area (Å²) in [5.74, 6) is 1.93. The smallest absolute Gasteiger partial charge is 0.231 e. The molecule has 2 N–H and O–H groups in total. The van der Waals surface area contributed by atoms with Gasteiger partial charge in [-0.25, -0.2) is 0 Å². The number of hydrogen-bond donors (Lipinski definition) is 1. The van der Waals surface area contributed by atoms with Gasteiger partial charge in [-0.05, 0) is 24.3 Å². The lowest BCUT2D eigenvalue weighted by Crippen LogP contribution is -2.21. The maximum absolute atomic E-state index is 9.76. The third kappa shape index (κ3) is 2.98. The van der Waals surface area contributed by atoms with Gasteiger partial charge in [0.1, 0.15) is 29.7 Å². The van der Waals surface area contributed by atoms with Crippen LogP contribution < -0.4 is 24.7 Å². The predicted octanol–water partition coefficient (Wildman–Crippen LogP) is 3.96. The maximum atomic E-state index is 9.76. The standard InChI is InChI=1S/C20H15BrN2O4/c1-2-5-24-15-4-3-11(21)6-12(15)19-13-7-17-18(26-10-25-17)8-16(13)27-20(23)14(19)9-22/h2-4,6-8,19H,1,5,10,23H2/t19-/m1/s1. The van der Waals surface area contributed by atoms with Crippen LogP contribution in [0.2, 0.25) is 0 Å². The Kier molecular flexibility index (Phi) is 4.42. The fraction of sp³-hybridized carbons (Fsp3) is 0.150. The molecule has 6 nitrogen and oxygen atoms in total. The molecule has 1 atom stereocenters. The molecule has 0 aliphatic carbocycles. The molecular weight excluding hydrogens is 412 g/mol. The number of nitrogens with two attached hydrogens (primary N) is 1. The third-order valence-electron chi connectivity index (χ3n) is 4.35. The van der Waals surface area contributed by atoms with E-state index in [2.05, 4.69) is 28.6 Å². The largest absolute Gasteiger partial charge is 0.489 e. The van der Waals surface area contributed by atoms with Gasteiger partial charge in [0.05, 0.1) is 5.92 Å². The molecule has 0 spiro atoms. The van der Waals surface area contributed by atoms with E-state index in [4.69, 9.17) is 24.7 Å². The van der Waals surface area contributed by atoms with Crippen LogP contribution in [0, 0.1) is 11.3 Å². The first-order valence-corrected chi connectivity index (χ1v) is 8.96. The molecule has 2 heterocycles. The molecular formula is C20H15BrN2O4. The van der Waals surface area contributed by atoms with E-state index in [0.717, 1.165) is 15.6 Å². The van der Waals surface area contributed by atoms with Crippen LogP contribution in [0.5, 0.6) is 23.0 Å². The van der Waals surface area contributed by atoms with Crippen LogP contribution in [0.15, 0.2) is 58.9 Å². The number of nitriles is 1. The Labute approximate surface area is 164 Å². The Morgan fingerprint density at radius 1 is 1.22 bits per heavy atom. The molecule has 27 heavy (non-hydrogen) atoms. The zero-order chi connectivity index (χ0) is 19.0. The number of halogens is 1. The number of nitrogens with zero attached hydrogens (tertiary/aromatic N) is 1. The van der Waals surface area contributed by atoms with Crippen LogP contribution in [0.3, 0.4) is 0 Å². The van der Waals surface area contributed by atoms with Crippen LogP contribution in [-0.4, -0.2) is 13.4 Å². The minimum atomic E-state index is -0.467. The quantitative estimate of drug-likeness (QED) is 0.744. The summed E-state index contributed by atoms with van der Waals surface area (Å²) >= 11 is 3.50. The first-order valence-electron chi connectivity index (χ1n) is 8.16. The fourth-order valence-electron chi connectivity index (χ4n) is 3.19. The van der Waals surface area contributed by atoms with Crippen LogP contribution in [-0.2, 0) is 0 Å². The Balaban J connectivity index is 1.93. The highest BCUT2D eigenvalue weighted by atomic mass is 79.9. The van der Waals surface area contributed by atoms with Gasteiger partial charge < -0.3 is 24.7 Å². The summed E-state index contributed by atoms with van der Waals surface area (Å²) < 4.78 is 23.3. The first-order chi connectivity index (χ1) is 13.1. The highest BCUT2D eigenvalue weighted by molar-refractivity contribution is 9.10. The fourth-order valence-corrected chi connectivity index (χ4v) is 3.57. The normalized spacial score (nSPS) is 17.0. The molecule has 2 aromatic carbocycles. The van der Waals surface area contributed by atoms with Gasteiger partial charge in [0.15, 0.2) is 11.5 Å². The molecule has 0 bridgehead atoms.